The van der Waals surface area contributed by atoms with Crippen molar-refractivity contribution in [2.24, 2.45) is 0 Å². The van der Waals surface area contributed by atoms with Gasteiger partial charge < -0.3 is 4.90 Å². The first-order chi connectivity index (χ1) is 7.50. The Balaban J connectivity index is 2.20. The lowest BCUT2D eigenvalue weighted by Gasteiger charge is -2.31. The SMILES string of the molecule is CN1CCN(S(=O)(=O)c2ccc(F)s2)CC1. The highest BCUT2D eigenvalue weighted by atomic mass is 32.2. The van der Waals surface area contributed by atoms with E-state index < -0.39 is 15.2 Å². The molecule has 1 aromatic rings. The molecule has 0 aliphatic carbocycles. The van der Waals surface area contributed by atoms with Crippen LogP contribution >= 0.6 is 11.3 Å². The number of halogens is 1. The van der Waals surface area contributed by atoms with Crippen LogP contribution in [0.1, 0.15) is 0 Å². The second-order valence-electron chi connectivity index (χ2n) is 3.77. The first kappa shape index (κ1) is 12.0. The van der Waals surface area contributed by atoms with Crippen LogP contribution in [0.25, 0.3) is 0 Å². The van der Waals surface area contributed by atoms with Crippen molar-refractivity contribution in [3.05, 3.63) is 17.3 Å². The van der Waals surface area contributed by atoms with E-state index in [4.69, 9.17) is 0 Å². The van der Waals surface area contributed by atoms with Gasteiger partial charge in [0.1, 0.15) is 4.21 Å². The van der Waals surface area contributed by atoms with Gasteiger partial charge in [-0.15, -0.1) is 0 Å². The predicted octanol–water partition coefficient (Wildman–Crippen LogP) is 0.823. The topological polar surface area (TPSA) is 40.6 Å². The van der Waals surface area contributed by atoms with Crippen molar-refractivity contribution in [1.29, 1.82) is 0 Å². The molecule has 1 fully saturated rings. The van der Waals surface area contributed by atoms with E-state index >= 15 is 0 Å². The van der Waals surface area contributed by atoms with Crippen LogP contribution in [0.5, 0.6) is 0 Å². The second kappa shape index (κ2) is 4.40. The quantitative estimate of drug-likeness (QED) is 0.794. The maximum atomic E-state index is 12.8. The Morgan fingerprint density at radius 3 is 2.38 bits per heavy atom. The van der Waals surface area contributed by atoms with Crippen molar-refractivity contribution < 1.29 is 12.8 Å². The minimum atomic E-state index is -3.48. The highest BCUT2D eigenvalue weighted by Gasteiger charge is 2.28. The molecule has 0 aromatic carbocycles. The van der Waals surface area contributed by atoms with Crippen molar-refractivity contribution in [3.8, 4) is 0 Å². The summed E-state index contributed by atoms with van der Waals surface area (Å²) in [7, 11) is -1.53. The summed E-state index contributed by atoms with van der Waals surface area (Å²) in [5.74, 6) is 0. The summed E-state index contributed by atoms with van der Waals surface area (Å²) in [5, 5.41) is -0.465. The number of likely N-dealkylation sites (N-methyl/N-ethyl adjacent to an activating group) is 1. The van der Waals surface area contributed by atoms with E-state index in [-0.39, 0.29) is 4.21 Å². The lowest BCUT2D eigenvalue weighted by molar-refractivity contribution is 0.222. The summed E-state index contributed by atoms with van der Waals surface area (Å²) in [5.41, 5.74) is 0. The number of hydrogen-bond donors (Lipinski definition) is 0. The molecule has 16 heavy (non-hydrogen) atoms. The van der Waals surface area contributed by atoms with Crippen LogP contribution in [0.4, 0.5) is 4.39 Å². The van der Waals surface area contributed by atoms with E-state index in [1.165, 1.54) is 16.4 Å². The lowest BCUT2D eigenvalue weighted by Crippen LogP contribution is -2.46. The summed E-state index contributed by atoms with van der Waals surface area (Å²) < 4.78 is 38.4. The fraction of sp³-hybridized carbons (Fsp3) is 0.556. The Hall–Kier alpha value is -0.500. The highest BCUT2D eigenvalue weighted by molar-refractivity contribution is 7.91. The zero-order chi connectivity index (χ0) is 11.8. The molecule has 7 heteroatoms. The Morgan fingerprint density at radius 1 is 1.25 bits per heavy atom. The molecular weight excluding hydrogens is 251 g/mol. The Labute approximate surface area is 98.3 Å². The third-order valence-electron chi connectivity index (χ3n) is 2.60. The zero-order valence-electron chi connectivity index (χ0n) is 8.89. The molecule has 4 nitrogen and oxygen atoms in total. The molecule has 0 radical (unpaired) electrons. The van der Waals surface area contributed by atoms with Crippen LogP contribution in [0.3, 0.4) is 0 Å². The largest absolute Gasteiger partial charge is 0.304 e. The standard InChI is InChI=1S/C9H13FN2O2S2/c1-11-4-6-12(7-5-11)16(13,14)9-3-2-8(10)15-9/h2-3H,4-7H2,1H3. The third-order valence-corrected chi connectivity index (χ3v) is 5.84. The number of thiophene rings is 1. The molecule has 0 unspecified atom stereocenters. The van der Waals surface area contributed by atoms with E-state index in [9.17, 15) is 12.8 Å². The maximum absolute atomic E-state index is 12.8. The third kappa shape index (κ3) is 2.27. The molecule has 1 aliphatic heterocycles. The number of nitrogens with zero attached hydrogens (tertiary/aromatic N) is 2. The molecule has 90 valence electrons. The fourth-order valence-corrected chi connectivity index (χ4v) is 4.17. The van der Waals surface area contributed by atoms with Crippen molar-refractivity contribution in [2.45, 2.75) is 4.21 Å². The maximum Gasteiger partial charge on any atom is 0.252 e. The van der Waals surface area contributed by atoms with Gasteiger partial charge in [-0.3, -0.25) is 0 Å². The van der Waals surface area contributed by atoms with Gasteiger partial charge >= 0.3 is 0 Å². The summed E-state index contributed by atoms with van der Waals surface area (Å²) in [6.45, 7) is 2.37. The molecule has 0 N–H and O–H groups in total. The van der Waals surface area contributed by atoms with Gasteiger partial charge in [-0.25, -0.2) is 8.42 Å². The van der Waals surface area contributed by atoms with Gasteiger partial charge in [-0.2, -0.15) is 8.70 Å². The monoisotopic (exact) mass is 264 g/mol. The summed E-state index contributed by atoms with van der Waals surface area (Å²) in [4.78, 5) is 2.07. The van der Waals surface area contributed by atoms with Gasteiger partial charge in [0.05, 0.1) is 0 Å². The lowest BCUT2D eigenvalue weighted by atomic mass is 10.4. The predicted molar refractivity (Wildman–Crippen MR) is 60.5 cm³/mol. The van der Waals surface area contributed by atoms with Crippen LogP contribution < -0.4 is 0 Å². The Morgan fingerprint density at radius 2 is 1.88 bits per heavy atom. The molecule has 0 amide bonds. The first-order valence-electron chi connectivity index (χ1n) is 4.94. The number of piperazine rings is 1. The van der Waals surface area contributed by atoms with Crippen molar-refractivity contribution in [2.75, 3.05) is 33.2 Å². The molecule has 0 atom stereocenters. The van der Waals surface area contributed by atoms with Crippen LogP contribution in [0.2, 0.25) is 0 Å². The molecule has 1 aromatic heterocycles. The van der Waals surface area contributed by atoms with Gasteiger partial charge in [0.2, 0.25) is 0 Å². The van der Waals surface area contributed by atoms with Gasteiger partial charge in [0.15, 0.2) is 5.13 Å². The zero-order valence-corrected chi connectivity index (χ0v) is 10.5. The van der Waals surface area contributed by atoms with Crippen LogP contribution in [-0.4, -0.2) is 50.8 Å². The van der Waals surface area contributed by atoms with Crippen molar-refractivity contribution in [3.63, 3.8) is 0 Å². The molecule has 0 bridgehead atoms. The number of hydrogen-bond acceptors (Lipinski definition) is 4. The molecule has 1 aliphatic rings. The molecule has 2 rings (SSSR count). The number of rotatable bonds is 2. The summed E-state index contributed by atoms with van der Waals surface area (Å²) >= 11 is 0.679. The van der Waals surface area contributed by atoms with Crippen molar-refractivity contribution >= 4 is 21.4 Å². The Bertz CT molecular complexity index is 464. The van der Waals surface area contributed by atoms with Gasteiger partial charge in [0.25, 0.3) is 10.0 Å². The van der Waals surface area contributed by atoms with E-state index in [0.29, 0.717) is 37.5 Å². The number of sulfonamides is 1. The molecule has 2 heterocycles. The van der Waals surface area contributed by atoms with Crippen LogP contribution in [0.15, 0.2) is 16.3 Å². The van der Waals surface area contributed by atoms with E-state index in [0.717, 1.165) is 0 Å². The van der Waals surface area contributed by atoms with Crippen LogP contribution in [-0.2, 0) is 10.0 Å². The molecular formula is C9H13FN2O2S2. The van der Waals surface area contributed by atoms with Gasteiger partial charge in [-0.05, 0) is 19.2 Å². The minimum absolute atomic E-state index is 0.0922. The molecule has 1 saturated heterocycles. The average molecular weight is 264 g/mol. The van der Waals surface area contributed by atoms with E-state index in [1.54, 1.807) is 0 Å². The van der Waals surface area contributed by atoms with Gasteiger partial charge in [-0.1, -0.05) is 11.3 Å². The molecule has 0 spiro atoms. The summed E-state index contributed by atoms with van der Waals surface area (Å²) in [6, 6.07) is 2.52. The fourth-order valence-electron chi connectivity index (χ4n) is 1.59. The van der Waals surface area contributed by atoms with Crippen molar-refractivity contribution in [1.82, 2.24) is 9.21 Å². The first-order valence-corrected chi connectivity index (χ1v) is 7.20. The Kier molecular flexibility index (Phi) is 3.29. The molecule has 0 saturated carbocycles. The van der Waals surface area contributed by atoms with Gasteiger partial charge in [0, 0.05) is 26.2 Å². The second-order valence-corrected chi connectivity index (χ2v) is 6.96. The summed E-state index contributed by atoms with van der Waals surface area (Å²) in [6.07, 6.45) is 0. The minimum Gasteiger partial charge on any atom is -0.304 e. The van der Waals surface area contributed by atoms with E-state index in [2.05, 4.69) is 4.90 Å². The average Bonchev–Trinajstić information content (AvgIpc) is 2.66. The van der Waals surface area contributed by atoms with E-state index in [1.807, 2.05) is 7.05 Å². The smallest absolute Gasteiger partial charge is 0.252 e. The van der Waals surface area contributed by atoms with Crippen LogP contribution in [0, 0.1) is 5.13 Å². The normalized spacial score (nSPS) is 20.1. The highest BCUT2D eigenvalue weighted by Crippen LogP contribution is 2.24.